The van der Waals surface area contributed by atoms with Gasteiger partial charge in [-0.25, -0.2) is 8.42 Å². The van der Waals surface area contributed by atoms with Gasteiger partial charge in [0, 0.05) is 12.5 Å². The van der Waals surface area contributed by atoms with Crippen LogP contribution in [0.4, 0.5) is 0 Å². The molecule has 0 N–H and O–H groups in total. The number of nitrogens with zero attached hydrogens (tertiary/aromatic N) is 3. The molecule has 0 bridgehead atoms. The van der Waals surface area contributed by atoms with Gasteiger partial charge in [0.2, 0.25) is 5.89 Å². The van der Waals surface area contributed by atoms with E-state index in [0.29, 0.717) is 36.7 Å². The molecule has 1 aliphatic rings. The highest BCUT2D eigenvalue weighted by Gasteiger charge is 2.26. The average molecular weight is 297 g/mol. The van der Waals surface area contributed by atoms with Crippen LogP contribution in [0.1, 0.15) is 30.3 Å². The van der Waals surface area contributed by atoms with E-state index in [1.54, 1.807) is 6.07 Å². The predicted octanol–water partition coefficient (Wildman–Crippen LogP) is 1.02. The Morgan fingerprint density at radius 1 is 1.35 bits per heavy atom. The third-order valence-electron chi connectivity index (χ3n) is 3.36. The maximum atomic E-state index is 11.6. The van der Waals surface area contributed by atoms with Crippen molar-refractivity contribution in [3.05, 3.63) is 29.7 Å². The van der Waals surface area contributed by atoms with E-state index in [4.69, 9.17) is 9.05 Å². The van der Waals surface area contributed by atoms with Crippen molar-refractivity contribution in [2.45, 2.75) is 25.7 Å². The largest absolute Gasteiger partial charge is 0.364 e. The zero-order valence-electron chi connectivity index (χ0n) is 10.9. The Labute approximate surface area is 116 Å². The van der Waals surface area contributed by atoms with Crippen molar-refractivity contribution in [1.29, 1.82) is 0 Å². The fourth-order valence-corrected chi connectivity index (χ4v) is 4.24. The highest BCUT2D eigenvalue weighted by molar-refractivity contribution is 7.91. The summed E-state index contributed by atoms with van der Waals surface area (Å²) in [6.45, 7) is 0. The van der Waals surface area contributed by atoms with Crippen molar-refractivity contribution < 1.29 is 17.5 Å². The van der Waals surface area contributed by atoms with Crippen LogP contribution in [0, 0.1) is 5.92 Å². The van der Waals surface area contributed by atoms with Crippen molar-refractivity contribution in [1.82, 2.24) is 15.3 Å². The van der Waals surface area contributed by atoms with E-state index in [1.165, 1.54) is 6.26 Å². The summed E-state index contributed by atoms with van der Waals surface area (Å²) in [7, 11) is -2.90. The summed E-state index contributed by atoms with van der Waals surface area (Å²) in [5, 5.41) is 7.66. The van der Waals surface area contributed by atoms with Gasteiger partial charge in [0.05, 0.1) is 23.6 Å². The van der Waals surface area contributed by atoms with Crippen molar-refractivity contribution >= 4 is 9.84 Å². The molecule has 0 aliphatic carbocycles. The van der Waals surface area contributed by atoms with Gasteiger partial charge >= 0.3 is 0 Å². The van der Waals surface area contributed by atoms with Crippen LogP contribution in [0.3, 0.4) is 0 Å². The molecule has 3 rings (SSSR count). The summed E-state index contributed by atoms with van der Waals surface area (Å²) in [6, 6.07) is 1.74. The lowest BCUT2D eigenvalue weighted by Gasteiger charge is -2.19. The Morgan fingerprint density at radius 3 is 3.00 bits per heavy atom. The lowest BCUT2D eigenvalue weighted by atomic mass is 10.0. The minimum absolute atomic E-state index is 0.0779. The first-order chi connectivity index (χ1) is 9.61. The SMILES string of the molecule is O=S1(=O)CCCC(Cc2nc(Cc3ccon3)no2)C1. The number of rotatable bonds is 4. The van der Waals surface area contributed by atoms with Crippen LogP contribution in [-0.2, 0) is 22.7 Å². The Balaban J connectivity index is 1.62. The van der Waals surface area contributed by atoms with Crippen LogP contribution in [-0.4, -0.2) is 35.2 Å². The van der Waals surface area contributed by atoms with Crippen LogP contribution in [0.2, 0.25) is 0 Å². The molecule has 0 spiro atoms. The summed E-state index contributed by atoms with van der Waals surface area (Å²) in [4.78, 5) is 4.27. The van der Waals surface area contributed by atoms with Gasteiger partial charge in [-0.2, -0.15) is 4.98 Å². The highest BCUT2D eigenvalue weighted by atomic mass is 32.2. The second-order valence-corrected chi connectivity index (χ2v) is 7.33. The lowest BCUT2D eigenvalue weighted by Crippen LogP contribution is -2.26. The zero-order valence-corrected chi connectivity index (χ0v) is 11.7. The Bertz CT molecular complexity index is 663. The summed E-state index contributed by atoms with van der Waals surface area (Å²) in [5.74, 6) is 1.62. The first kappa shape index (κ1) is 13.3. The maximum Gasteiger partial charge on any atom is 0.226 e. The van der Waals surface area contributed by atoms with E-state index < -0.39 is 9.84 Å². The van der Waals surface area contributed by atoms with Gasteiger partial charge in [-0.05, 0) is 18.8 Å². The molecule has 2 aromatic heterocycles. The smallest absolute Gasteiger partial charge is 0.226 e. The molecule has 0 aromatic carbocycles. The number of aromatic nitrogens is 3. The Morgan fingerprint density at radius 2 is 2.25 bits per heavy atom. The summed E-state index contributed by atoms with van der Waals surface area (Å²) < 4.78 is 33.1. The summed E-state index contributed by atoms with van der Waals surface area (Å²) in [5.41, 5.74) is 0.734. The molecular formula is C12H15N3O4S. The monoisotopic (exact) mass is 297 g/mol. The second kappa shape index (κ2) is 5.35. The van der Waals surface area contributed by atoms with Crippen LogP contribution in [0.15, 0.2) is 21.4 Å². The first-order valence-electron chi connectivity index (χ1n) is 6.52. The minimum Gasteiger partial charge on any atom is -0.364 e. The van der Waals surface area contributed by atoms with Gasteiger partial charge in [-0.15, -0.1) is 0 Å². The highest BCUT2D eigenvalue weighted by Crippen LogP contribution is 2.21. The minimum atomic E-state index is -2.90. The fourth-order valence-electron chi connectivity index (χ4n) is 2.46. The average Bonchev–Trinajstić information content (AvgIpc) is 3.01. The molecule has 0 radical (unpaired) electrons. The quantitative estimate of drug-likeness (QED) is 0.830. The Kier molecular flexibility index (Phi) is 3.56. The normalized spacial score (nSPS) is 21.9. The maximum absolute atomic E-state index is 11.6. The van der Waals surface area contributed by atoms with Gasteiger partial charge in [0.1, 0.15) is 6.26 Å². The number of sulfone groups is 1. The van der Waals surface area contributed by atoms with E-state index in [0.717, 1.165) is 12.1 Å². The standard InChI is InChI=1S/C12H15N3O4S/c16-20(17)5-1-2-9(8-20)6-12-13-11(15-19-12)7-10-3-4-18-14-10/h3-4,9H,1-2,5-8H2. The van der Waals surface area contributed by atoms with E-state index in [-0.39, 0.29) is 11.7 Å². The van der Waals surface area contributed by atoms with E-state index in [2.05, 4.69) is 15.3 Å². The number of hydrogen-bond donors (Lipinski definition) is 0. The molecule has 1 fully saturated rings. The van der Waals surface area contributed by atoms with Gasteiger partial charge in [-0.1, -0.05) is 10.3 Å². The van der Waals surface area contributed by atoms with Crippen molar-refractivity contribution in [2.75, 3.05) is 11.5 Å². The molecule has 1 saturated heterocycles. The molecule has 8 heteroatoms. The van der Waals surface area contributed by atoms with Crippen LogP contribution in [0.5, 0.6) is 0 Å². The predicted molar refractivity (Wildman–Crippen MR) is 68.7 cm³/mol. The third-order valence-corrected chi connectivity index (χ3v) is 5.25. The van der Waals surface area contributed by atoms with Crippen LogP contribution < -0.4 is 0 Å². The number of hydrogen-bond acceptors (Lipinski definition) is 7. The molecule has 1 unspecified atom stereocenters. The fraction of sp³-hybridized carbons (Fsp3) is 0.583. The first-order valence-corrected chi connectivity index (χ1v) is 8.34. The molecule has 2 aromatic rings. The molecule has 0 amide bonds. The third kappa shape index (κ3) is 3.24. The van der Waals surface area contributed by atoms with Crippen LogP contribution in [0.25, 0.3) is 0 Å². The molecular weight excluding hydrogens is 282 g/mol. The zero-order chi connectivity index (χ0) is 14.0. The molecule has 1 aliphatic heterocycles. The lowest BCUT2D eigenvalue weighted by molar-refractivity contribution is 0.346. The molecule has 7 nitrogen and oxygen atoms in total. The van der Waals surface area contributed by atoms with E-state index >= 15 is 0 Å². The van der Waals surface area contributed by atoms with Crippen molar-refractivity contribution in [2.24, 2.45) is 5.92 Å². The molecule has 20 heavy (non-hydrogen) atoms. The molecule has 3 heterocycles. The Hall–Kier alpha value is -1.70. The van der Waals surface area contributed by atoms with Crippen LogP contribution >= 0.6 is 0 Å². The van der Waals surface area contributed by atoms with Crippen molar-refractivity contribution in [3.63, 3.8) is 0 Å². The second-order valence-electron chi connectivity index (χ2n) is 5.10. The molecule has 0 saturated carbocycles. The van der Waals surface area contributed by atoms with Gasteiger partial charge in [0.25, 0.3) is 0 Å². The topological polar surface area (TPSA) is 99.1 Å². The van der Waals surface area contributed by atoms with Gasteiger partial charge < -0.3 is 9.05 Å². The molecule has 108 valence electrons. The van der Waals surface area contributed by atoms with Gasteiger partial charge in [-0.3, -0.25) is 0 Å². The van der Waals surface area contributed by atoms with E-state index in [9.17, 15) is 8.42 Å². The van der Waals surface area contributed by atoms with Crippen molar-refractivity contribution in [3.8, 4) is 0 Å². The van der Waals surface area contributed by atoms with E-state index in [1.807, 2.05) is 0 Å². The van der Waals surface area contributed by atoms with Gasteiger partial charge in [0.15, 0.2) is 15.7 Å². The molecule has 1 atom stereocenters. The summed E-state index contributed by atoms with van der Waals surface area (Å²) >= 11 is 0. The summed E-state index contributed by atoms with van der Waals surface area (Å²) in [6.07, 6.45) is 4.06.